The first-order chi connectivity index (χ1) is 9.75. The fourth-order valence-electron chi connectivity index (χ4n) is 1.85. The molecule has 0 saturated heterocycles. The molecular weight excluding hydrogens is 258 g/mol. The zero-order valence-corrected chi connectivity index (χ0v) is 10.6. The highest BCUT2D eigenvalue weighted by Crippen LogP contribution is 2.15. The number of para-hydroxylation sites is 1. The molecule has 2 heterocycles. The molecule has 0 unspecified atom stereocenters. The number of hydrazone groups is 1. The first-order valence-corrected chi connectivity index (χ1v) is 5.94. The van der Waals surface area contributed by atoms with Gasteiger partial charge in [0, 0.05) is 22.7 Å². The fourth-order valence-corrected chi connectivity index (χ4v) is 1.85. The number of benzene rings is 1. The zero-order valence-electron chi connectivity index (χ0n) is 10.6. The standard InChI is InChI=1S/C13H11N5O2/c1-8-12(18-20-17-8)13(19)16-15-7-9-6-14-11-5-3-2-4-10(9)11/h2-7,14H,1H3,(H,16,19)/b15-7+. The van der Waals surface area contributed by atoms with Crippen molar-refractivity contribution in [2.75, 3.05) is 0 Å². The Balaban J connectivity index is 1.75. The van der Waals surface area contributed by atoms with E-state index in [4.69, 9.17) is 0 Å². The van der Waals surface area contributed by atoms with Crippen LogP contribution in [0.4, 0.5) is 0 Å². The third-order valence-corrected chi connectivity index (χ3v) is 2.86. The van der Waals surface area contributed by atoms with Crippen molar-refractivity contribution < 1.29 is 9.42 Å². The molecule has 3 aromatic rings. The summed E-state index contributed by atoms with van der Waals surface area (Å²) in [5.41, 5.74) is 4.83. The molecule has 100 valence electrons. The summed E-state index contributed by atoms with van der Waals surface area (Å²) in [5, 5.41) is 12.0. The van der Waals surface area contributed by atoms with Gasteiger partial charge in [0.25, 0.3) is 5.91 Å². The summed E-state index contributed by atoms with van der Waals surface area (Å²) < 4.78 is 4.46. The number of aromatic amines is 1. The van der Waals surface area contributed by atoms with Crippen molar-refractivity contribution in [2.45, 2.75) is 6.92 Å². The van der Waals surface area contributed by atoms with Crippen LogP contribution < -0.4 is 5.43 Å². The number of fused-ring (bicyclic) bond motifs is 1. The number of carbonyl (C=O) groups excluding carboxylic acids is 1. The summed E-state index contributed by atoms with van der Waals surface area (Å²) in [6.45, 7) is 1.63. The zero-order chi connectivity index (χ0) is 13.9. The quantitative estimate of drug-likeness (QED) is 0.557. The van der Waals surface area contributed by atoms with Crippen molar-refractivity contribution in [3.05, 3.63) is 47.4 Å². The van der Waals surface area contributed by atoms with E-state index in [1.54, 1.807) is 13.1 Å². The van der Waals surface area contributed by atoms with E-state index in [2.05, 4.69) is 30.5 Å². The van der Waals surface area contributed by atoms with E-state index >= 15 is 0 Å². The van der Waals surface area contributed by atoms with Crippen LogP contribution in [0.25, 0.3) is 10.9 Å². The van der Waals surface area contributed by atoms with Crippen LogP contribution in [0.3, 0.4) is 0 Å². The van der Waals surface area contributed by atoms with Gasteiger partial charge in [-0.15, -0.1) is 0 Å². The van der Waals surface area contributed by atoms with Crippen molar-refractivity contribution in [1.82, 2.24) is 20.7 Å². The van der Waals surface area contributed by atoms with E-state index in [1.165, 1.54) is 0 Å². The van der Waals surface area contributed by atoms with Gasteiger partial charge in [-0.2, -0.15) is 5.10 Å². The van der Waals surface area contributed by atoms with Crippen LogP contribution in [0.15, 0.2) is 40.2 Å². The number of amides is 1. The van der Waals surface area contributed by atoms with Crippen LogP contribution >= 0.6 is 0 Å². The second-order valence-electron chi connectivity index (χ2n) is 4.19. The molecule has 1 aromatic carbocycles. The van der Waals surface area contributed by atoms with Crippen LogP contribution in [0.5, 0.6) is 0 Å². The molecule has 3 rings (SSSR count). The van der Waals surface area contributed by atoms with Crippen molar-refractivity contribution >= 4 is 23.0 Å². The smallest absolute Gasteiger partial charge is 0.295 e. The molecule has 0 aliphatic carbocycles. The van der Waals surface area contributed by atoms with E-state index in [9.17, 15) is 4.79 Å². The average molecular weight is 269 g/mol. The van der Waals surface area contributed by atoms with Gasteiger partial charge >= 0.3 is 0 Å². The van der Waals surface area contributed by atoms with Crippen LogP contribution in [0, 0.1) is 6.92 Å². The highest BCUT2D eigenvalue weighted by Gasteiger charge is 2.13. The maximum absolute atomic E-state index is 11.7. The highest BCUT2D eigenvalue weighted by atomic mass is 16.6. The van der Waals surface area contributed by atoms with Gasteiger partial charge in [0.05, 0.1) is 6.21 Å². The van der Waals surface area contributed by atoms with Crippen molar-refractivity contribution in [1.29, 1.82) is 0 Å². The second-order valence-corrected chi connectivity index (χ2v) is 4.19. The number of nitrogens with one attached hydrogen (secondary N) is 2. The molecule has 7 heteroatoms. The number of H-pyrrole nitrogens is 1. The van der Waals surface area contributed by atoms with Crippen LogP contribution in [-0.2, 0) is 0 Å². The van der Waals surface area contributed by atoms with Gasteiger partial charge in [0.1, 0.15) is 5.69 Å². The van der Waals surface area contributed by atoms with Crippen LogP contribution in [0.1, 0.15) is 21.7 Å². The molecule has 0 aliphatic rings. The van der Waals surface area contributed by atoms with Crippen LogP contribution in [0.2, 0.25) is 0 Å². The summed E-state index contributed by atoms with van der Waals surface area (Å²) in [6.07, 6.45) is 3.39. The summed E-state index contributed by atoms with van der Waals surface area (Å²) in [6, 6.07) is 7.83. The Morgan fingerprint density at radius 3 is 3.05 bits per heavy atom. The SMILES string of the molecule is Cc1nonc1C(=O)N/N=C/c1c[nH]c2ccccc12. The molecular formula is C13H11N5O2. The summed E-state index contributed by atoms with van der Waals surface area (Å²) in [5.74, 6) is -0.458. The Kier molecular flexibility index (Phi) is 3.00. The minimum Gasteiger partial charge on any atom is -0.361 e. The van der Waals surface area contributed by atoms with Gasteiger partial charge in [-0.1, -0.05) is 23.4 Å². The third kappa shape index (κ3) is 2.16. The highest BCUT2D eigenvalue weighted by molar-refractivity contribution is 6.00. The molecule has 0 saturated carbocycles. The lowest BCUT2D eigenvalue weighted by Crippen LogP contribution is -2.19. The molecule has 0 bridgehead atoms. The largest absolute Gasteiger partial charge is 0.361 e. The molecule has 0 fully saturated rings. The lowest BCUT2D eigenvalue weighted by molar-refractivity contribution is 0.0945. The number of aromatic nitrogens is 3. The molecule has 20 heavy (non-hydrogen) atoms. The lowest BCUT2D eigenvalue weighted by Gasteiger charge is -1.94. The van der Waals surface area contributed by atoms with Gasteiger partial charge in [-0.25, -0.2) is 10.1 Å². The Morgan fingerprint density at radius 1 is 1.40 bits per heavy atom. The molecule has 7 nitrogen and oxygen atoms in total. The summed E-state index contributed by atoms with van der Waals surface area (Å²) in [7, 11) is 0. The maximum atomic E-state index is 11.7. The first-order valence-electron chi connectivity index (χ1n) is 5.94. The number of nitrogens with zero attached hydrogens (tertiary/aromatic N) is 3. The predicted octanol–water partition coefficient (Wildman–Crippen LogP) is 1.62. The molecule has 0 aliphatic heterocycles. The topological polar surface area (TPSA) is 96.2 Å². The molecule has 0 spiro atoms. The number of hydrogen-bond acceptors (Lipinski definition) is 5. The number of hydrogen-bond donors (Lipinski definition) is 2. The van der Waals surface area contributed by atoms with E-state index < -0.39 is 5.91 Å². The third-order valence-electron chi connectivity index (χ3n) is 2.86. The summed E-state index contributed by atoms with van der Waals surface area (Å²) in [4.78, 5) is 14.8. The van der Waals surface area contributed by atoms with E-state index in [1.807, 2.05) is 30.5 Å². The normalized spacial score (nSPS) is 11.2. The van der Waals surface area contributed by atoms with Gasteiger partial charge in [0.15, 0.2) is 5.69 Å². The number of carbonyl (C=O) groups is 1. The van der Waals surface area contributed by atoms with Crippen LogP contribution in [-0.4, -0.2) is 27.4 Å². The minimum atomic E-state index is -0.458. The average Bonchev–Trinajstić information content (AvgIpc) is 3.05. The minimum absolute atomic E-state index is 0.126. The molecule has 0 radical (unpaired) electrons. The number of aryl methyl sites for hydroxylation is 1. The molecule has 2 aromatic heterocycles. The maximum Gasteiger partial charge on any atom is 0.295 e. The van der Waals surface area contributed by atoms with E-state index in [-0.39, 0.29) is 5.69 Å². The predicted molar refractivity (Wildman–Crippen MR) is 72.4 cm³/mol. The summed E-state index contributed by atoms with van der Waals surface area (Å²) >= 11 is 0. The Labute approximate surface area is 113 Å². The first kappa shape index (κ1) is 12.1. The van der Waals surface area contributed by atoms with Crippen molar-refractivity contribution in [3.8, 4) is 0 Å². The Morgan fingerprint density at radius 2 is 2.25 bits per heavy atom. The van der Waals surface area contributed by atoms with E-state index in [0.717, 1.165) is 16.5 Å². The lowest BCUT2D eigenvalue weighted by atomic mass is 10.2. The molecule has 1 amide bonds. The Bertz CT molecular complexity index is 787. The molecule has 0 atom stereocenters. The van der Waals surface area contributed by atoms with Gasteiger partial charge < -0.3 is 4.98 Å². The number of rotatable bonds is 3. The monoisotopic (exact) mass is 269 g/mol. The van der Waals surface area contributed by atoms with Gasteiger partial charge in [0.2, 0.25) is 0 Å². The van der Waals surface area contributed by atoms with Crippen molar-refractivity contribution in [2.24, 2.45) is 5.10 Å². The van der Waals surface area contributed by atoms with E-state index in [0.29, 0.717) is 5.69 Å². The molecule has 2 N–H and O–H groups in total. The second kappa shape index (κ2) is 4.96. The van der Waals surface area contributed by atoms with Gasteiger partial charge in [-0.3, -0.25) is 4.79 Å². The fraction of sp³-hybridized carbons (Fsp3) is 0.0769. The van der Waals surface area contributed by atoms with Gasteiger partial charge in [-0.05, 0) is 18.1 Å². The van der Waals surface area contributed by atoms with Crippen molar-refractivity contribution in [3.63, 3.8) is 0 Å². The Hall–Kier alpha value is -2.96.